The van der Waals surface area contributed by atoms with Crippen molar-refractivity contribution in [2.75, 3.05) is 0 Å². The van der Waals surface area contributed by atoms with Crippen molar-refractivity contribution < 1.29 is 9.90 Å². The van der Waals surface area contributed by atoms with Gasteiger partial charge in [0, 0.05) is 16.2 Å². The molecule has 3 N–H and O–H groups in total. The number of carboxylic acids is 1. The minimum Gasteiger partial charge on any atom is -0.481 e. The molecule has 0 aromatic heterocycles. The van der Waals surface area contributed by atoms with Crippen LogP contribution < -0.4 is 5.73 Å². The monoisotopic (exact) mass is 267 g/mol. The van der Waals surface area contributed by atoms with Crippen molar-refractivity contribution in [1.82, 2.24) is 0 Å². The van der Waals surface area contributed by atoms with Crippen LogP contribution in [0.15, 0.2) is 29.2 Å². The number of benzene rings is 1. The van der Waals surface area contributed by atoms with Crippen molar-refractivity contribution in [3.63, 3.8) is 0 Å². The highest BCUT2D eigenvalue weighted by Gasteiger charge is 2.24. The Morgan fingerprint density at radius 1 is 1.33 bits per heavy atom. The van der Waals surface area contributed by atoms with Gasteiger partial charge in [-0.15, -0.1) is 11.8 Å². The number of rotatable bonds is 6. The van der Waals surface area contributed by atoms with Crippen LogP contribution in [-0.2, 0) is 4.79 Å². The third-order valence-corrected chi connectivity index (χ3v) is 3.84. The zero-order valence-corrected chi connectivity index (χ0v) is 11.9. The van der Waals surface area contributed by atoms with Crippen molar-refractivity contribution in [1.29, 1.82) is 0 Å². The second kappa shape index (κ2) is 6.81. The largest absolute Gasteiger partial charge is 0.481 e. The van der Waals surface area contributed by atoms with Gasteiger partial charge in [-0.25, -0.2) is 0 Å². The average Bonchev–Trinajstić information content (AvgIpc) is 2.29. The zero-order valence-electron chi connectivity index (χ0n) is 11.1. The van der Waals surface area contributed by atoms with E-state index in [1.807, 2.05) is 31.2 Å². The van der Waals surface area contributed by atoms with E-state index in [0.29, 0.717) is 11.7 Å². The number of hydrogen-bond donors (Lipinski definition) is 2. The summed E-state index contributed by atoms with van der Waals surface area (Å²) in [6.07, 6.45) is 0.541. The Kier molecular flexibility index (Phi) is 5.69. The molecule has 4 heteroatoms. The topological polar surface area (TPSA) is 63.3 Å². The number of carboxylic acid groups (broad SMARTS) is 1. The number of thioether (sulfide) groups is 1. The van der Waals surface area contributed by atoms with Crippen LogP contribution >= 0.6 is 11.8 Å². The van der Waals surface area contributed by atoms with E-state index < -0.39 is 17.9 Å². The summed E-state index contributed by atoms with van der Waals surface area (Å²) in [6.45, 7) is 6.13. The molecule has 18 heavy (non-hydrogen) atoms. The van der Waals surface area contributed by atoms with Gasteiger partial charge in [0.15, 0.2) is 0 Å². The lowest BCUT2D eigenvalue weighted by Gasteiger charge is -2.19. The Bertz CT molecular complexity index is 389. The minimum atomic E-state index is -0.828. The summed E-state index contributed by atoms with van der Waals surface area (Å²) in [5.41, 5.74) is 6.90. The predicted octanol–water partition coefficient (Wildman–Crippen LogP) is 3.30. The normalized spacial score (nSPS) is 14.5. The molecule has 0 heterocycles. The molecule has 100 valence electrons. The van der Waals surface area contributed by atoms with Crippen LogP contribution in [0.3, 0.4) is 0 Å². The van der Waals surface area contributed by atoms with Crippen LogP contribution in [0.25, 0.3) is 0 Å². The van der Waals surface area contributed by atoms with E-state index in [-0.39, 0.29) is 0 Å². The lowest BCUT2D eigenvalue weighted by molar-refractivity contribution is -0.142. The van der Waals surface area contributed by atoms with Gasteiger partial charge in [-0.2, -0.15) is 0 Å². The van der Waals surface area contributed by atoms with Crippen LogP contribution in [0.5, 0.6) is 0 Å². The minimum absolute atomic E-state index is 0.439. The van der Waals surface area contributed by atoms with Crippen LogP contribution in [0.1, 0.15) is 38.8 Å². The lowest BCUT2D eigenvalue weighted by Crippen LogP contribution is -2.27. The maximum atomic E-state index is 11.1. The molecule has 0 spiro atoms. The maximum Gasteiger partial charge on any atom is 0.308 e. The van der Waals surface area contributed by atoms with E-state index in [2.05, 4.69) is 13.8 Å². The fourth-order valence-electron chi connectivity index (χ4n) is 1.86. The maximum absolute atomic E-state index is 11.1. The van der Waals surface area contributed by atoms with Crippen LogP contribution in [0.2, 0.25) is 0 Å². The molecule has 0 fully saturated rings. The molecule has 2 atom stereocenters. The molecule has 1 aromatic rings. The Labute approximate surface area is 113 Å². The van der Waals surface area contributed by atoms with Gasteiger partial charge < -0.3 is 10.8 Å². The Morgan fingerprint density at radius 2 is 1.89 bits per heavy atom. The molecular formula is C14H21NO2S. The summed E-state index contributed by atoms with van der Waals surface area (Å²) in [7, 11) is 0. The number of aliphatic carboxylic acids is 1. The van der Waals surface area contributed by atoms with E-state index >= 15 is 0 Å². The molecule has 0 saturated heterocycles. The number of nitrogens with two attached hydrogens (primary N) is 1. The molecule has 0 aliphatic rings. The van der Waals surface area contributed by atoms with Crippen LogP contribution in [0.4, 0.5) is 0 Å². The van der Waals surface area contributed by atoms with Gasteiger partial charge in [0.2, 0.25) is 0 Å². The molecular weight excluding hydrogens is 246 g/mol. The molecule has 3 nitrogen and oxygen atoms in total. The standard InChI is InChI=1S/C14H21NO2S/c1-4-12(14(16)17)13(15)10-5-7-11(8-6-10)18-9(2)3/h5-9,12-13H,4,15H2,1-3H3,(H,16,17). The van der Waals surface area contributed by atoms with Crippen LogP contribution in [0, 0.1) is 5.92 Å². The quantitative estimate of drug-likeness (QED) is 0.776. The Morgan fingerprint density at radius 3 is 2.28 bits per heavy atom. The van der Waals surface area contributed by atoms with Gasteiger partial charge in [0.1, 0.15) is 0 Å². The highest BCUT2D eigenvalue weighted by molar-refractivity contribution is 7.99. The molecule has 0 aliphatic carbocycles. The zero-order chi connectivity index (χ0) is 13.7. The van der Waals surface area contributed by atoms with E-state index in [1.165, 1.54) is 4.90 Å². The first-order valence-electron chi connectivity index (χ1n) is 6.20. The summed E-state index contributed by atoms with van der Waals surface area (Å²) in [5, 5.41) is 9.63. The van der Waals surface area contributed by atoms with Crippen LogP contribution in [-0.4, -0.2) is 16.3 Å². The summed E-state index contributed by atoms with van der Waals surface area (Å²) in [4.78, 5) is 12.3. The smallest absolute Gasteiger partial charge is 0.308 e. The number of hydrogen-bond acceptors (Lipinski definition) is 3. The molecule has 0 amide bonds. The van der Waals surface area contributed by atoms with Gasteiger partial charge in [-0.3, -0.25) is 4.79 Å². The summed E-state index contributed by atoms with van der Waals surface area (Å²) < 4.78 is 0. The number of carbonyl (C=O) groups is 1. The van der Waals surface area contributed by atoms with E-state index in [9.17, 15) is 4.79 Å². The first-order chi connectivity index (χ1) is 8.45. The Hall–Kier alpha value is -1.00. The molecule has 0 radical (unpaired) electrons. The Balaban J connectivity index is 2.80. The fraction of sp³-hybridized carbons (Fsp3) is 0.500. The van der Waals surface area contributed by atoms with Crippen molar-refractivity contribution in [2.24, 2.45) is 11.7 Å². The second-order valence-electron chi connectivity index (χ2n) is 4.61. The van der Waals surface area contributed by atoms with Crippen molar-refractivity contribution >= 4 is 17.7 Å². The fourth-order valence-corrected chi connectivity index (χ4v) is 2.69. The predicted molar refractivity (Wildman–Crippen MR) is 75.8 cm³/mol. The molecule has 0 bridgehead atoms. The molecule has 1 rings (SSSR count). The van der Waals surface area contributed by atoms with Gasteiger partial charge in [0.05, 0.1) is 5.92 Å². The van der Waals surface area contributed by atoms with Gasteiger partial charge >= 0.3 is 5.97 Å². The highest BCUT2D eigenvalue weighted by atomic mass is 32.2. The first-order valence-corrected chi connectivity index (χ1v) is 7.08. The van der Waals surface area contributed by atoms with Crippen molar-refractivity contribution in [2.45, 2.75) is 43.4 Å². The third kappa shape index (κ3) is 4.03. The molecule has 0 saturated carbocycles. The summed E-state index contributed by atoms with van der Waals surface area (Å²) >= 11 is 1.78. The molecule has 0 aliphatic heterocycles. The molecule has 1 aromatic carbocycles. The van der Waals surface area contributed by atoms with E-state index in [1.54, 1.807) is 11.8 Å². The van der Waals surface area contributed by atoms with Gasteiger partial charge in [-0.05, 0) is 24.1 Å². The van der Waals surface area contributed by atoms with E-state index in [0.717, 1.165) is 5.56 Å². The first kappa shape index (κ1) is 15.1. The average molecular weight is 267 g/mol. The van der Waals surface area contributed by atoms with Gasteiger partial charge in [-0.1, -0.05) is 32.9 Å². The highest BCUT2D eigenvalue weighted by Crippen LogP contribution is 2.27. The third-order valence-electron chi connectivity index (χ3n) is 2.83. The lowest BCUT2D eigenvalue weighted by atomic mass is 9.92. The summed E-state index contributed by atoms with van der Waals surface area (Å²) in [6, 6.07) is 7.44. The SMILES string of the molecule is CCC(C(=O)O)C(N)c1ccc(SC(C)C)cc1. The second-order valence-corrected chi connectivity index (χ2v) is 6.26. The van der Waals surface area contributed by atoms with E-state index in [4.69, 9.17) is 10.8 Å². The van der Waals surface area contributed by atoms with Crippen molar-refractivity contribution in [3.05, 3.63) is 29.8 Å². The summed E-state index contributed by atoms with van der Waals surface area (Å²) in [5.74, 6) is -1.35. The van der Waals surface area contributed by atoms with Crippen molar-refractivity contribution in [3.8, 4) is 0 Å². The molecule has 2 unspecified atom stereocenters. The van der Waals surface area contributed by atoms with Gasteiger partial charge in [0.25, 0.3) is 0 Å².